The molecule has 94 valence electrons. The van der Waals surface area contributed by atoms with Gasteiger partial charge in [0, 0.05) is 17.3 Å². The monoisotopic (exact) mass is 245 g/mol. The highest BCUT2D eigenvalue weighted by Crippen LogP contribution is 2.24. The van der Waals surface area contributed by atoms with Gasteiger partial charge in [0.25, 0.3) is 0 Å². The number of hydrogen-bond donors (Lipinski definition) is 2. The number of para-hydroxylation sites is 1. The number of aliphatic hydroxyl groups excluding tert-OH is 2. The third kappa shape index (κ3) is 2.85. The molecule has 0 aliphatic carbocycles. The van der Waals surface area contributed by atoms with Gasteiger partial charge in [-0.1, -0.05) is 18.2 Å². The highest BCUT2D eigenvalue weighted by molar-refractivity contribution is 5.36. The van der Waals surface area contributed by atoms with Crippen LogP contribution in [-0.2, 0) is 13.2 Å². The minimum atomic E-state index is -0.0884. The molecule has 2 N–H and O–H groups in total. The topological polar surface area (TPSA) is 62.6 Å². The second-order valence-corrected chi connectivity index (χ2v) is 3.98. The SMILES string of the molecule is Cc1cc(CO)cc(Oc2ccccc2CO)n1. The molecule has 1 aromatic carbocycles. The Balaban J connectivity index is 2.30. The average Bonchev–Trinajstić information content (AvgIpc) is 2.38. The van der Waals surface area contributed by atoms with Crippen LogP contribution in [0.3, 0.4) is 0 Å². The molecule has 18 heavy (non-hydrogen) atoms. The minimum Gasteiger partial charge on any atom is -0.439 e. The highest BCUT2D eigenvalue weighted by Gasteiger charge is 2.06. The zero-order chi connectivity index (χ0) is 13.0. The van der Waals surface area contributed by atoms with E-state index in [2.05, 4.69) is 4.98 Å². The Morgan fingerprint density at radius 1 is 1.11 bits per heavy atom. The molecule has 0 saturated heterocycles. The molecule has 0 bridgehead atoms. The van der Waals surface area contributed by atoms with Crippen LogP contribution >= 0.6 is 0 Å². The number of benzene rings is 1. The molecule has 0 spiro atoms. The van der Waals surface area contributed by atoms with E-state index >= 15 is 0 Å². The van der Waals surface area contributed by atoms with Crippen molar-refractivity contribution in [3.8, 4) is 11.6 Å². The number of aryl methyl sites for hydroxylation is 1. The first-order valence-electron chi connectivity index (χ1n) is 5.68. The van der Waals surface area contributed by atoms with Crippen LogP contribution in [0, 0.1) is 6.92 Å². The van der Waals surface area contributed by atoms with Crippen LogP contribution in [0.25, 0.3) is 0 Å². The predicted molar refractivity (Wildman–Crippen MR) is 67.3 cm³/mol. The van der Waals surface area contributed by atoms with Gasteiger partial charge in [-0.15, -0.1) is 0 Å². The summed E-state index contributed by atoms with van der Waals surface area (Å²) in [6.07, 6.45) is 0. The molecule has 2 aromatic rings. The summed E-state index contributed by atoms with van der Waals surface area (Å²) < 4.78 is 5.64. The predicted octanol–water partition coefficient (Wildman–Crippen LogP) is 2.17. The summed E-state index contributed by atoms with van der Waals surface area (Å²) in [5.41, 5.74) is 2.23. The van der Waals surface area contributed by atoms with E-state index in [0.717, 1.165) is 11.3 Å². The lowest BCUT2D eigenvalue weighted by atomic mass is 10.2. The zero-order valence-corrected chi connectivity index (χ0v) is 10.1. The summed E-state index contributed by atoms with van der Waals surface area (Å²) in [7, 11) is 0. The molecule has 0 radical (unpaired) electrons. The summed E-state index contributed by atoms with van der Waals surface area (Å²) in [4.78, 5) is 4.24. The molecule has 4 heteroatoms. The zero-order valence-electron chi connectivity index (χ0n) is 10.1. The van der Waals surface area contributed by atoms with E-state index in [4.69, 9.17) is 9.84 Å². The van der Waals surface area contributed by atoms with E-state index in [1.54, 1.807) is 24.3 Å². The molecule has 4 nitrogen and oxygen atoms in total. The lowest BCUT2D eigenvalue weighted by Crippen LogP contribution is -1.96. The maximum absolute atomic E-state index is 9.21. The van der Waals surface area contributed by atoms with Crippen LogP contribution in [0.4, 0.5) is 0 Å². The molecule has 0 aliphatic heterocycles. The van der Waals surface area contributed by atoms with Crippen molar-refractivity contribution in [2.45, 2.75) is 20.1 Å². The first-order chi connectivity index (χ1) is 8.72. The maximum Gasteiger partial charge on any atom is 0.219 e. The van der Waals surface area contributed by atoms with Gasteiger partial charge in [-0.2, -0.15) is 0 Å². The van der Waals surface area contributed by atoms with Gasteiger partial charge >= 0.3 is 0 Å². The molecular weight excluding hydrogens is 230 g/mol. The van der Waals surface area contributed by atoms with Crippen molar-refractivity contribution >= 4 is 0 Å². The molecule has 2 rings (SSSR count). The van der Waals surface area contributed by atoms with Crippen LogP contribution in [0.1, 0.15) is 16.8 Å². The number of hydrogen-bond acceptors (Lipinski definition) is 4. The van der Waals surface area contributed by atoms with Crippen LogP contribution in [0.15, 0.2) is 36.4 Å². The maximum atomic E-state index is 9.21. The Labute approximate surface area is 106 Å². The second kappa shape index (κ2) is 5.62. The van der Waals surface area contributed by atoms with Gasteiger partial charge in [-0.25, -0.2) is 4.98 Å². The Morgan fingerprint density at radius 3 is 2.61 bits per heavy atom. The van der Waals surface area contributed by atoms with E-state index < -0.39 is 0 Å². The smallest absolute Gasteiger partial charge is 0.219 e. The number of aliphatic hydroxyl groups is 2. The van der Waals surface area contributed by atoms with Gasteiger partial charge in [0.05, 0.1) is 13.2 Å². The summed E-state index contributed by atoms with van der Waals surface area (Å²) in [5, 5.41) is 18.3. The fourth-order valence-electron chi connectivity index (χ4n) is 1.70. The van der Waals surface area contributed by atoms with Gasteiger partial charge in [0.2, 0.25) is 5.88 Å². The number of nitrogens with zero attached hydrogens (tertiary/aromatic N) is 1. The lowest BCUT2D eigenvalue weighted by Gasteiger charge is -2.10. The Morgan fingerprint density at radius 2 is 1.89 bits per heavy atom. The standard InChI is InChI=1S/C14H15NO3/c1-10-6-11(8-16)7-14(15-10)18-13-5-3-2-4-12(13)9-17/h2-7,16-17H,8-9H2,1H3. The van der Waals surface area contributed by atoms with Crippen LogP contribution in [0.2, 0.25) is 0 Å². The normalized spacial score (nSPS) is 10.4. The van der Waals surface area contributed by atoms with E-state index in [1.807, 2.05) is 19.1 Å². The molecule has 0 atom stereocenters. The number of ether oxygens (including phenoxy) is 1. The van der Waals surface area contributed by atoms with Crippen molar-refractivity contribution in [3.63, 3.8) is 0 Å². The van der Waals surface area contributed by atoms with Crippen LogP contribution < -0.4 is 4.74 Å². The Bertz CT molecular complexity index is 540. The third-order valence-electron chi connectivity index (χ3n) is 2.53. The van der Waals surface area contributed by atoms with Gasteiger partial charge in [-0.05, 0) is 24.6 Å². The van der Waals surface area contributed by atoms with E-state index in [-0.39, 0.29) is 13.2 Å². The first kappa shape index (κ1) is 12.5. The average molecular weight is 245 g/mol. The highest BCUT2D eigenvalue weighted by atomic mass is 16.5. The van der Waals surface area contributed by atoms with E-state index in [0.29, 0.717) is 17.2 Å². The third-order valence-corrected chi connectivity index (χ3v) is 2.53. The quantitative estimate of drug-likeness (QED) is 0.866. The minimum absolute atomic E-state index is 0.0542. The van der Waals surface area contributed by atoms with E-state index in [1.165, 1.54) is 0 Å². The fourth-order valence-corrected chi connectivity index (χ4v) is 1.70. The fraction of sp³-hybridized carbons (Fsp3) is 0.214. The van der Waals surface area contributed by atoms with E-state index in [9.17, 15) is 5.11 Å². The number of pyridine rings is 1. The largest absolute Gasteiger partial charge is 0.439 e. The summed E-state index contributed by atoms with van der Waals surface area (Å²) in [6.45, 7) is 1.69. The van der Waals surface area contributed by atoms with Crippen molar-refractivity contribution in [2.24, 2.45) is 0 Å². The van der Waals surface area contributed by atoms with Gasteiger partial charge in [0.15, 0.2) is 0 Å². The molecule has 0 saturated carbocycles. The van der Waals surface area contributed by atoms with Crippen LogP contribution in [-0.4, -0.2) is 15.2 Å². The van der Waals surface area contributed by atoms with Crippen molar-refractivity contribution in [1.82, 2.24) is 4.98 Å². The van der Waals surface area contributed by atoms with Crippen molar-refractivity contribution in [3.05, 3.63) is 53.2 Å². The summed E-state index contributed by atoms with van der Waals surface area (Å²) in [5.74, 6) is 0.988. The molecule has 0 fully saturated rings. The van der Waals surface area contributed by atoms with Crippen molar-refractivity contribution < 1.29 is 14.9 Å². The molecular formula is C14H15NO3. The van der Waals surface area contributed by atoms with Crippen molar-refractivity contribution in [1.29, 1.82) is 0 Å². The Kier molecular flexibility index (Phi) is 3.92. The second-order valence-electron chi connectivity index (χ2n) is 3.98. The summed E-state index contributed by atoms with van der Waals surface area (Å²) >= 11 is 0. The molecule has 0 unspecified atom stereocenters. The van der Waals surface area contributed by atoms with Gasteiger partial charge in [-0.3, -0.25) is 0 Å². The first-order valence-corrected chi connectivity index (χ1v) is 5.68. The molecule has 1 heterocycles. The molecule has 1 aromatic heterocycles. The molecule has 0 amide bonds. The summed E-state index contributed by atoms with van der Waals surface area (Å²) in [6, 6.07) is 10.7. The van der Waals surface area contributed by atoms with Gasteiger partial charge in [0.1, 0.15) is 5.75 Å². The molecule has 0 aliphatic rings. The number of rotatable bonds is 4. The van der Waals surface area contributed by atoms with Crippen molar-refractivity contribution in [2.75, 3.05) is 0 Å². The van der Waals surface area contributed by atoms with Crippen LogP contribution in [0.5, 0.6) is 11.6 Å². The van der Waals surface area contributed by atoms with Gasteiger partial charge < -0.3 is 14.9 Å². The number of aromatic nitrogens is 1. The lowest BCUT2D eigenvalue weighted by molar-refractivity contribution is 0.275. The Hall–Kier alpha value is -1.91.